The molecular weight excluding hydrogens is 636 g/mol. The van der Waals surface area contributed by atoms with Gasteiger partial charge < -0.3 is 26.2 Å². The number of amides is 5. The number of hydrogen-bond donors (Lipinski definition) is 4. The van der Waals surface area contributed by atoms with Crippen molar-refractivity contribution >= 4 is 35.3 Å². The molecule has 0 radical (unpaired) electrons. The Morgan fingerprint density at radius 1 is 0.860 bits per heavy atom. The number of fused-ring (bicyclic) bond motifs is 1. The first kappa shape index (κ1) is 37.4. The molecule has 1 aliphatic heterocycles. The molecule has 1 saturated heterocycles. The Kier molecular flexibility index (Phi) is 12.3. The Bertz CT molecular complexity index is 1400. The van der Waals surface area contributed by atoms with Crippen molar-refractivity contribution in [3.05, 3.63) is 30.1 Å². The molecule has 274 valence electrons. The van der Waals surface area contributed by atoms with Crippen LogP contribution in [0.15, 0.2) is 24.5 Å². The average molecular weight is 693 g/mol. The van der Waals surface area contributed by atoms with E-state index in [1.165, 1.54) is 12.4 Å². The topological polar surface area (TPSA) is 167 Å². The number of carbonyl (C=O) groups excluding carboxylic acids is 6. The first-order valence-electron chi connectivity index (χ1n) is 18.9. The summed E-state index contributed by atoms with van der Waals surface area (Å²) < 4.78 is 0. The number of ketones is 1. The van der Waals surface area contributed by atoms with Crippen molar-refractivity contribution < 1.29 is 28.8 Å². The molecule has 6 atom stereocenters. The van der Waals surface area contributed by atoms with Gasteiger partial charge in [0, 0.05) is 30.0 Å². The first-order valence-corrected chi connectivity index (χ1v) is 18.9. The molecule has 3 saturated carbocycles. The molecule has 4 fully saturated rings. The molecule has 0 spiro atoms. The van der Waals surface area contributed by atoms with Crippen LogP contribution >= 0.6 is 0 Å². The molecule has 0 unspecified atom stereocenters. The van der Waals surface area contributed by atoms with Gasteiger partial charge in [-0.05, 0) is 80.8 Å². The summed E-state index contributed by atoms with van der Waals surface area (Å²) in [6.45, 7) is 7.55. The Morgan fingerprint density at radius 2 is 1.52 bits per heavy atom. The first-order chi connectivity index (χ1) is 23.9. The lowest BCUT2D eigenvalue weighted by molar-refractivity contribution is -0.147. The van der Waals surface area contributed by atoms with Crippen LogP contribution in [0.3, 0.4) is 0 Å². The van der Waals surface area contributed by atoms with Crippen LogP contribution in [0, 0.1) is 17.3 Å². The summed E-state index contributed by atoms with van der Waals surface area (Å²) in [7, 11) is 0. The normalized spacial score (nSPS) is 24.2. The monoisotopic (exact) mass is 692 g/mol. The van der Waals surface area contributed by atoms with Gasteiger partial charge in [0.25, 0.3) is 11.8 Å². The SMILES string of the molecule is CCC[C@H](NC(=O)[C@@H]1C[C@@H]2CCCC[C@@H]2N1C(=O)[C@@H](NC(=O)[C@@H](NC(=O)c1ccncc1)C1CCCCC1)C(C)(C)C)C(=O)C(=O)NC1CC1. The predicted molar refractivity (Wildman–Crippen MR) is 187 cm³/mol. The fourth-order valence-corrected chi connectivity index (χ4v) is 8.10. The van der Waals surface area contributed by atoms with Crippen LogP contribution < -0.4 is 21.3 Å². The summed E-state index contributed by atoms with van der Waals surface area (Å²) in [5.41, 5.74) is -0.329. The van der Waals surface area contributed by atoms with E-state index in [-0.39, 0.29) is 35.7 Å². The quantitative estimate of drug-likeness (QED) is 0.229. The molecule has 3 aliphatic carbocycles. The third-order valence-electron chi connectivity index (χ3n) is 11.0. The van der Waals surface area contributed by atoms with E-state index in [1.54, 1.807) is 17.0 Å². The lowest BCUT2D eigenvalue weighted by Gasteiger charge is -2.40. The smallest absolute Gasteiger partial charge is 0.289 e. The number of hydrogen-bond acceptors (Lipinski definition) is 7. The largest absolute Gasteiger partial charge is 0.347 e. The molecule has 0 aromatic carbocycles. The van der Waals surface area contributed by atoms with Gasteiger partial charge in [-0.1, -0.05) is 66.2 Å². The van der Waals surface area contributed by atoms with Gasteiger partial charge in [-0.2, -0.15) is 0 Å². The number of Topliss-reactive ketones (excluding diaryl/α,β-unsaturated/α-hetero) is 1. The number of carbonyl (C=O) groups is 6. The Labute approximate surface area is 296 Å². The minimum absolute atomic E-state index is 0.0155. The molecule has 4 N–H and O–H groups in total. The summed E-state index contributed by atoms with van der Waals surface area (Å²) in [5.74, 6) is -2.88. The van der Waals surface area contributed by atoms with Crippen molar-refractivity contribution in [2.24, 2.45) is 17.3 Å². The molecule has 0 bridgehead atoms. The lowest BCUT2D eigenvalue weighted by atomic mass is 9.81. The average Bonchev–Trinajstić information content (AvgIpc) is 3.84. The molecule has 1 aromatic rings. The molecule has 1 aromatic heterocycles. The fourth-order valence-electron chi connectivity index (χ4n) is 8.10. The Balaban J connectivity index is 1.38. The van der Waals surface area contributed by atoms with Crippen LogP contribution in [0.5, 0.6) is 0 Å². The van der Waals surface area contributed by atoms with Crippen molar-refractivity contribution in [1.82, 2.24) is 31.2 Å². The summed E-state index contributed by atoms with van der Waals surface area (Å²) in [6, 6.07) is -0.590. The van der Waals surface area contributed by atoms with Gasteiger partial charge in [-0.15, -0.1) is 0 Å². The van der Waals surface area contributed by atoms with Crippen molar-refractivity contribution in [1.29, 1.82) is 0 Å². The molecule has 12 nitrogen and oxygen atoms in total. The molecule has 12 heteroatoms. The second-order valence-electron chi connectivity index (χ2n) is 16.0. The summed E-state index contributed by atoms with van der Waals surface area (Å²) >= 11 is 0. The number of nitrogens with one attached hydrogen (secondary N) is 4. The van der Waals surface area contributed by atoms with E-state index < -0.39 is 53.1 Å². The van der Waals surface area contributed by atoms with E-state index >= 15 is 0 Å². The van der Waals surface area contributed by atoms with Crippen LogP contribution in [0.4, 0.5) is 0 Å². The van der Waals surface area contributed by atoms with E-state index in [4.69, 9.17) is 0 Å². The summed E-state index contributed by atoms with van der Waals surface area (Å²) in [4.78, 5) is 87.9. The zero-order valence-electron chi connectivity index (χ0n) is 30.2. The van der Waals surface area contributed by atoms with Gasteiger partial charge in [0.15, 0.2) is 0 Å². The van der Waals surface area contributed by atoms with Crippen LogP contribution in [0.2, 0.25) is 0 Å². The molecular formula is C38H56N6O6. The second kappa shape index (κ2) is 16.5. The van der Waals surface area contributed by atoms with Crippen molar-refractivity contribution in [2.45, 2.75) is 154 Å². The van der Waals surface area contributed by atoms with E-state index in [0.29, 0.717) is 24.8 Å². The van der Waals surface area contributed by atoms with Crippen LogP contribution in [0.25, 0.3) is 0 Å². The third-order valence-corrected chi connectivity index (χ3v) is 11.0. The maximum Gasteiger partial charge on any atom is 0.289 e. The van der Waals surface area contributed by atoms with Crippen molar-refractivity contribution in [2.75, 3.05) is 0 Å². The molecule has 4 aliphatic rings. The molecule has 5 amide bonds. The van der Waals surface area contributed by atoms with Gasteiger partial charge in [-0.3, -0.25) is 33.8 Å². The highest BCUT2D eigenvalue weighted by atomic mass is 16.2. The third kappa shape index (κ3) is 9.09. The van der Waals surface area contributed by atoms with Gasteiger partial charge in [0.1, 0.15) is 18.1 Å². The van der Waals surface area contributed by atoms with E-state index in [0.717, 1.165) is 70.6 Å². The zero-order valence-corrected chi connectivity index (χ0v) is 30.2. The van der Waals surface area contributed by atoms with Gasteiger partial charge in [0.2, 0.25) is 23.5 Å². The van der Waals surface area contributed by atoms with Crippen molar-refractivity contribution in [3.8, 4) is 0 Å². The lowest BCUT2D eigenvalue weighted by Crippen LogP contribution is -2.63. The molecule has 2 heterocycles. The van der Waals surface area contributed by atoms with Crippen LogP contribution in [0.1, 0.15) is 128 Å². The minimum Gasteiger partial charge on any atom is -0.347 e. The van der Waals surface area contributed by atoms with Gasteiger partial charge in [0.05, 0.1) is 6.04 Å². The zero-order chi connectivity index (χ0) is 36.0. The molecule has 5 rings (SSSR count). The number of likely N-dealkylation sites (tertiary alicyclic amines) is 1. The summed E-state index contributed by atoms with van der Waals surface area (Å²) in [6.07, 6.45) is 14.2. The van der Waals surface area contributed by atoms with Gasteiger partial charge in [-0.25, -0.2) is 0 Å². The highest BCUT2D eigenvalue weighted by molar-refractivity contribution is 6.38. The van der Waals surface area contributed by atoms with E-state index in [1.807, 2.05) is 27.7 Å². The predicted octanol–water partition coefficient (Wildman–Crippen LogP) is 3.58. The molecule has 50 heavy (non-hydrogen) atoms. The number of rotatable bonds is 13. The number of nitrogens with zero attached hydrogens (tertiary/aromatic N) is 2. The highest BCUT2D eigenvalue weighted by Gasteiger charge is 2.51. The number of pyridine rings is 1. The van der Waals surface area contributed by atoms with Crippen LogP contribution in [-0.2, 0) is 24.0 Å². The standard InChI is InChI=1S/C38H56N6O6/c1-5-11-27(31(45)36(49)40-26-16-17-26)41-34(47)29-22-25-14-9-10-15-28(25)44(29)37(50)32(38(2,3)4)43-35(48)30(23-12-7-6-8-13-23)42-33(46)24-18-20-39-21-19-24/h18-21,23,25-30,32H,5-17,22H2,1-4H3,(H,40,49)(H,41,47)(H,42,46)(H,43,48)/t25-,27-,28-,29-,30-,32+/m0/s1. The Morgan fingerprint density at radius 3 is 2.16 bits per heavy atom. The van der Waals surface area contributed by atoms with E-state index in [9.17, 15) is 28.8 Å². The maximum absolute atomic E-state index is 14.8. The fraction of sp³-hybridized carbons (Fsp3) is 0.711. The minimum atomic E-state index is -0.982. The summed E-state index contributed by atoms with van der Waals surface area (Å²) in [5, 5.41) is 11.6. The van der Waals surface area contributed by atoms with E-state index in [2.05, 4.69) is 26.3 Å². The second-order valence-corrected chi connectivity index (χ2v) is 16.0. The highest BCUT2D eigenvalue weighted by Crippen LogP contribution is 2.41. The number of aromatic nitrogens is 1. The van der Waals surface area contributed by atoms with Crippen molar-refractivity contribution in [3.63, 3.8) is 0 Å². The van der Waals surface area contributed by atoms with Crippen LogP contribution in [-0.4, -0.2) is 81.5 Å². The maximum atomic E-state index is 14.8. The Hall–Kier alpha value is -3.83. The van der Waals surface area contributed by atoms with Gasteiger partial charge >= 0.3 is 0 Å².